The van der Waals surface area contributed by atoms with Crippen LogP contribution in [0.15, 0.2) is 47.1 Å². The van der Waals surface area contributed by atoms with Crippen LogP contribution in [0.4, 0.5) is 5.69 Å². The zero-order valence-corrected chi connectivity index (χ0v) is 14.5. The van der Waals surface area contributed by atoms with Crippen molar-refractivity contribution in [1.29, 1.82) is 0 Å². The molecule has 0 saturated carbocycles. The minimum atomic E-state index is 0.238. The standard InChI is InChI=1S/C18H16BrClN2/c1-10-7-11(19)9-21-17(10)18-14-4-2-3-13(14)15-8-12(20)5-6-16(15)22-18/h2-3,5-9,13-14,18,22H,4H2,1H3/t13-,14+,18-/m1/s1. The number of hydrogen-bond acceptors (Lipinski definition) is 2. The number of pyridine rings is 1. The Morgan fingerprint density at radius 2 is 2.18 bits per heavy atom. The Balaban J connectivity index is 1.81. The molecule has 0 spiro atoms. The van der Waals surface area contributed by atoms with E-state index in [0.29, 0.717) is 11.8 Å². The highest BCUT2D eigenvalue weighted by molar-refractivity contribution is 9.10. The Labute approximate surface area is 143 Å². The lowest BCUT2D eigenvalue weighted by Gasteiger charge is -2.37. The van der Waals surface area contributed by atoms with Crippen molar-refractivity contribution in [1.82, 2.24) is 4.98 Å². The monoisotopic (exact) mass is 374 g/mol. The number of rotatable bonds is 1. The molecule has 0 unspecified atom stereocenters. The molecule has 112 valence electrons. The highest BCUT2D eigenvalue weighted by atomic mass is 79.9. The van der Waals surface area contributed by atoms with Crippen LogP contribution in [0, 0.1) is 12.8 Å². The van der Waals surface area contributed by atoms with E-state index in [0.717, 1.165) is 21.6 Å². The van der Waals surface area contributed by atoms with Crippen molar-refractivity contribution < 1.29 is 0 Å². The SMILES string of the molecule is Cc1cc(Br)cnc1[C@@H]1Nc2ccc(Cl)cc2[C@@H]2C=CC[C@@H]21. The fourth-order valence-electron chi connectivity index (χ4n) is 3.71. The van der Waals surface area contributed by atoms with Crippen molar-refractivity contribution >= 4 is 33.2 Å². The summed E-state index contributed by atoms with van der Waals surface area (Å²) >= 11 is 9.69. The molecule has 0 saturated heterocycles. The lowest BCUT2D eigenvalue weighted by atomic mass is 9.77. The highest BCUT2D eigenvalue weighted by Crippen LogP contribution is 2.50. The van der Waals surface area contributed by atoms with Crippen LogP contribution in [-0.4, -0.2) is 4.98 Å². The minimum Gasteiger partial charge on any atom is -0.376 e. The Kier molecular flexibility index (Phi) is 3.50. The topological polar surface area (TPSA) is 24.9 Å². The minimum absolute atomic E-state index is 0.238. The van der Waals surface area contributed by atoms with Gasteiger partial charge < -0.3 is 5.32 Å². The maximum Gasteiger partial charge on any atom is 0.0727 e. The summed E-state index contributed by atoms with van der Waals surface area (Å²) < 4.78 is 1.03. The number of nitrogens with zero attached hydrogens (tertiary/aromatic N) is 1. The predicted molar refractivity (Wildman–Crippen MR) is 94.5 cm³/mol. The number of aromatic nitrogens is 1. The molecule has 1 aromatic carbocycles. The van der Waals surface area contributed by atoms with Crippen molar-refractivity contribution in [2.24, 2.45) is 5.92 Å². The van der Waals surface area contributed by atoms with Crippen molar-refractivity contribution in [3.8, 4) is 0 Å². The number of benzene rings is 1. The number of nitrogens with one attached hydrogen (secondary N) is 1. The van der Waals surface area contributed by atoms with E-state index in [9.17, 15) is 0 Å². The fraction of sp³-hybridized carbons (Fsp3) is 0.278. The predicted octanol–water partition coefficient (Wildman–Crippen LogP) is 5.63. The summed E-state index contributed by atoms with van der Waals surface area (Å²) in [7, 11) is 0. The molecule has 4 rings (SSSR count). The third kappa shape index (κ3) is 2.27. The first kappa shape index (κ1) is 14.3. The van der Waals surface area contributed by atoms with Crippen LogP contribution in [0.3, 0.4) is 0 Å². The van der Waals surface area contributed by atoms with Gasteiger partial charge in [0, 0.05) is 27.3 Å². The molecule has 2 heterocycles. The summed E-state index contributed by atoms with van der Waals surface area (Å²) in [5.41, 5.74) is 4.83. The van der Waals surface area contributed by atoms with Crippen molar-refractivity contribution in [3.05, 3.63) is 68.9 Å². The summed E-state index contributed by atoms with van der Waals surface area (Å²) in [5, 5.41) is 4.50. The largest absolute Gasteiger partial charge is 0.376 e. The van der Waals surface area contributed by atoms with Crippen LogP contribution in [0.1, 0.15) is 35.2 Å². The maximum atomic E-state index is 6.19. The first-order valence-corrected chi connectivity index (χ1v) is 8.65. The van der Waals surface area contributed by atoms with Crippen LogP contribution >= 0.6 is 27.5 Å². The number of fused-ring (bicyclic) bond motifs is 3. The zero-order valence-electron chi connectivity index (χ0n) is 12.2. The van der Waals surface area contributed by atoms with Crippen LogP contribution in [-0.2, 0) is 0 Å². The molecule has 0 fully saturated rings. The van der Waals surface area contributed by atoms with E-state index >= 15 is 0 Å². The number of allylic oxidation sites excluding steroid dienone is 2. The smallest absolute Gasteiger partial charge is 0.0727 e. The Morgan fingerprint density at radius 1 is 1.32 bits per heavy atom. The third-order valence-electron chi connectivity index (χ3n) is 4.70. The number of aryl methyl sites for hydroxylation is 1. The summed E-state index contributed by atoms with van der Waals surface area (Å²) in [6.07, 6.45) is 7.57. The van der Waals surface area contributed by atoms with Gasteiger partial charge in [-0.05, 0) is 70.6 Å². The van der Waals surface area contributed by atoms with E-state index in [-0.39, 0.29) is 6.04 Å². The summed E-state index contributed by atoms with van der Waals surface area (Å²) in [6.45, 7) is 2.13. The van der Waals surface area contributed by atoms with Gasteiger partial charge in [-0.3, -0.25) is 4.98 Å². The maximum absolute atomic E-state index is 6.19. The normalized spacial score (nSPS) is 25.5. The van der Waals surface area contributed by atoms with E-state index in [1.165, 1.54) is 16.8 Å². The highest BCUT2D eigenvalue weighted by Gasteiger charge is 2.39. The molecule has 2 aromatic rings. The van der Waals surface area contributed by atoms with Gasteiger partial charge in [0.25, 0.3) is 0 Å². The van der Waals surface area contributed by atoms with Gasteiger partial charge in [-0.15, -0.1) is 0 Å². The average molecular weight is 376 g/mol. The van der Waals surface area contributed by atoms with Gasteiger partial charge in [0.2, 0.25) is 0 Å². The summed E-state index contributed by atoms with van der Waals surface area (Å²) in [6, 6.07) is 8.50. The van der Waals surface area contributed by atoms with E-state index < -0.39 is 0 Å². The van der Waals surface area contributed by atoms with Crippen LogP contribution < -0.4 is 5.32 Å². The molecule has 0 radical (unpaired) electrons. The molecule has 2 nitrogen and oxygen atoms in total. The third-order valence-corrected chi connectivity index (χ3v) is 5.37. The van der Waals surface area contributed by atoms with Gasteiger partial charge in [-0.1, -0.05) is 23.8 Å². The van der Waals surface area contributed by atoms with Gasteiger partial charge in [-0.2, -0.15) is 0 Å². The van der Waals surface area contributed by atoms with Gasteiger partial charge in [0.1, 0.15) is 0 Å². The Morgan fingerprint density at radius 3 is 3.00 bits per heavy atom. The summed E-state index contributed by atoms with van der Waals surface area (Å²) in [5.74, 6) is 0.920. The van der Waals surface area contributed by atoms with Gasteiger partial charge in [-0.25, -0.2) is 0 Å². The van der Waals surface area contributed by atoms with E-state index in [1.54, 1.807) is 0 Å². The molecule has 3 atom stereocenters. The van der Waals surface area contributed by atoms with E-state index in [1.807, 2.05) is 12.3 Å². The second-order valence-corrected chi connectivity index (χ2v) is 7.41. The van der Waals surface area contributed by atoms with Crippen LogP contribution in [0.5, 0.6) is 0 Å². The zero-order chi connectivity index (χ0) is 15.3. The molecule has 0 amide bonds. The Bertz CT molecular complexity index is 772. The molecule has 1 aliphatic carbocycles. The molecule has 4 heteroatoms. The van der Waals surface area contributed by atoms with Crippen molar-refractivity contribution in [2.45, 2.75) is 25.3 Å². The first-order valence-electron chi connectivity index (χ1n) is 7.48. The number of halogens is 2. The molecular weight excluding hydrogens is 360 g/mol. The van der Waals surface area contributed by atoms with E-state index in [4.69, 9.17) is 11.6 Å². The van der Waals surface area contributed by atoms with Gasteiger partial charge in [0.15, 0.2) is 0 Å². The van der Waals surface area contributed by atoms with Crippen LogP contribution in [0.2, 0.25) is 5.02 Å². The number of anilines is 1. The molecule has 2 aliphatic rings. The average Bonchev–Trinajstić information content (AvgIpc) is 2.97. The molecule has 1 aliphatic heterocycles. The fourth-order valence-corrected chi connectivity index (χ4v) is 4.34. The second-order valence-electron chi connectivity index (χ2n) is 6.06. The molecule has 0 bridgehead atoms. The summed E-state index contributed by atoms with van der Waals surface area (Å²) in [4.78, 5) is 4.69. The van der Waals surface area contributed by atoms with Crippen molar-refractivity contribution in [3.63, 3.8) is 0 Å². The van der Waals surface area contributed by atoms with Crippen LogP contribution in [0.25, 0.3) is 0 Å². The lowest BCUT2D eigenvalue weighted by Crippen LogP contribution is -2.30. The molecule has 1 N–H and O–H groups in total. The van der Waals surface area contributed by atoms with Gasteiger partial charge in [0.05, 0.1) is 11.7 Å². The quantitative estimate of drug-likeness (QED) is 0.653. The van der Waals surface area contributed by atoms with Crippen molar-refractivity contribution in [2.75, 3.05) is 5.32 Å². The van der Waals surface area contributed by atoms with Gasteiger partial charge >= 0.3 is 0 Å². The molecule has 22 heavy (non-hydrogen) atoms. The Hall–Kier alpha value is -1.32. The second kappa shape index (κ2) is 5.39. The first-order chi connectivity index (χ1) is 10.6. The van der Waals surface area contributed by atoms with E-state index in [2.05, 4.69) is 63.5 Å². The number of hydrogen-bond donors (Lipinski definition) is 1. The molecule has 1 aromatic heterocycles. The lowest BCUT2D eigenvalue weighted by molar-refractivity contribution is 0.417. The molecular formula is C18H16BrClN2.